The van der Waals surface area contributed by atoms with Crippen LogP contribution in [0.5, 0.6) is 11.5 Å². The maximum atomic E-state index is 12.7. The van der Waals surface area contributed by atoms with Gasteiger partial charge in [0.15, 0.2) is 17.3 Å². The molecule has 0 radical (unpaired) electrons. The summed E-state index contributed by atoms with van der Waals surface area (Å²) in [6.07, 6.45) is 5.92. The lowest BCUT2D eigenvalue weighted by atomic mass is 10.1. The lowest BCUT2D eigenvalue weighted by Gasteiger charge is -2.30. The van der Waals surface area contributed by atoms with Crippen molar-refractivity contribution in [3.05, 3.63) is 23.8 Å². The minimum absolute atomic E-state index is 0.0952. The van der Waals surface area contributed by atoms with Crippen molar-refractivity contribution in [1.29, 1.82) is 0 Å². The molecule has 2 aliphatic rings. The van der Waals surface area contributed by atoms with Gasteiger partial charge in [0.1, 0.15) is 5.56 Å². The number of carbonyl (C=O) groups is 2. The van der Waals surface area contributed by atoms with Crippen molar-refractivity contribution in [2.45, 2.75) is 51.5 Å². The van der Waals surface area contributed by atoms with Gasteiger partial charge in [-0.3, -0.25) is 4.90 Å². The SMILES string of the molecule is CCOC(=O)c1cc2cc3c(cc2nc1N(C(N)=O)C1CCCCCC1)OCO3. The number of pyridine rings is 1. The third kappa shape index (κ3) is 3.79. The number of nitrogens with two attached hydrogens (primary N) is 1. The Balaban J connectivity index is 1.86. The highest BCUT2D eigenvalue weighted by Crippen LogP contribution is 2.38. The molecule has 1 saturated carbocycles. The van der Waals surface area contributed by atoms with Crippen molar-refractivity contribution < 1.29 is 23.8 Å². The van der Waals surface area contributed by atoms with E-state index >= 15 is 0 Å². The lowest BCUT2D eigenvalue weighted by Crippen LogP contribution is -2.45. The third-order valence-electron chi connectivity index (χ3n) is 5.44. The number of aromatic nitrogens is 1. The highest BCUT2D eigenvalue weighted by Gasteiger charge is 2.31. The number of rotatable bonds is 4. The Kier molecular flexibility index (Phi) is 5.42. The van der Waals surface area contributed by atoms with E-state index in [-0.39, 0.29) is 30.8 Å². The zero-order valence-electron chi connectivity index (χ0n) is 16.5. The Morgan fingerprint density at radius 1 is 1.14 bits per heavy atom. The number of primary amides is 1. The molecule has 0 unspecified atom stereocenters. The third-order valence-corrected chi connectivity index (χ3v) is 5.44. The van der Waals surface area contributed by atoms with Crippen LogP contribution in [0.15, 0.2) is 18.2 Å². The number of anilines is 1. The van der Waals surface area contributed by atoms with Crippen molar-refractivity contribution in [3.63, 3.8) is 0 Å². The van der Waals surface area contributed by atoms with Crippen LogP contribution >= 0.6 is 0 Å². The van der Waals surface area contributed by atoms with E-state index in [1.807, 2.05) is 0 Å². The highest BCUT2D eigenvalue weighted by atomic mass is 16.7. The largest absolute Gasteiger partial charge is 0.462 e. The maximum Gasteiger partial charge on any atom is 0.341 e. The van der Waals surface area contributed by atoms with Crippen molar-refractivity contribution in [1.82, 2.24) is 4.98 Å². The minimum atomic E-state index is -0.616. The zero-order chi connectivity index (χ0) is 20.4. The molecule has 0 saturated heterocycles. The van der Waals surface area contributed by atoms with Crippen LogP contribution in [0.2, 0.25) is 0 Å². The number of urea groups is 1. The highest BCUT2D eigenvalue weighted by molar-refractivity contribution is 6.04. The van der Waals surface area contributed by atoms with Gasteiger partial charge in [0.2, 0.25) is 6.79 Å². The second-order valence-corrected chi connectivity index (χ2v) is 7.33. The van der Waals surface area contributed by atoms with E-state index in [2.05, 4.69) is 4.98 Å². The first kappa shape index (κ1) is 19.3. The molecular formula is C21H25N3O5. The summed E-state index contributed by atoms with van der Waals surface area (Å²) in [6, 6.07) is 4.50. The Morgan fingerprint density at radius 2 is 1.83 bits per heavy atom. The first-order valence-electron chi connectivity index (χ1n) is 10.1. The number of esters is 1. The van der Waals surface area contributed by atoms with Crippen molar-refractivity contribution in [2.24, 2.45) is 5.73 Å². The molecule has 154 valence electrons. The fourth-order valence-corrected chi connectivity index (χ4v) is 4.07. The van der Waals surface area contributed by atoms with Gasteiger partial charge in [-0.2, -0.15) is 0 Å². The van der Waals surface area contributed by atoms with Gasteiger partial charge in [-0.15, -0.1) is 0 Å². The van der Waals surface area contributed by atoms with E-state index < -0.39 is 12.0 Å². The fourth-order valence-electron chi connectivity index (χ4n) is 4.07. The Labute approximate surface area is 168 Å². The van der Waals surface area contributed by atoms with Gasteiger partial charge >= 0.3 is 12.0 Å². The monoisotopic (exact) mass is 399 g/mol. The lowest BCUT2D eigenvalue weighted by molar-refractivity contribution is 0.0527. The number of amides is 2. The van der Waals surface area contributed by atoms with Crippen LogP contribution in [0, 0.1) is 0 Å². The fraction of sp³-hybridized carbons (Fsp3) is 0.476. The average Bonchev–Trinajstić information content (AvgIpc) is 2.98. The molecule has 1 aromatic heterocycles. The van der Waals surface area contributed by atoms with Crippen LogP contribution < -0.4 is 20.1 Å². The van der Waals surface area contributed by atoms with Crippen LogP contribution in [0.1, 0.15) is 55.8 Å². The van der Waals surface area contributed by atoms with Crippen molar-refractivity contribution in [3.8, 4) is 11.5 Å². The van der Waals surface area contributed by atoms with Crippen LogP contribution in [-0.2, 0) is 4.74 Å². The first-order chi connectivity index (χ1) is 14.1. The summed E-state index contributed by atoms with van der Waals surface area (Å²) in [6.45, 7) is 2.09. The summed E-state index contributed by atoms with van der Waals surface area (Å²) in [5, 5.41) is 0.700. The number of benzene rings is 1. The van der Waals surface area contributed by atoms with E-state index in [1.54, 1.807) is 25.1 Å². The second kappa shape index (κ2) is 8.14. The van der Waals surface area contributed by atoms with E-state index in [0.717, 1.165) is 38.5 Å². The summed E-state index contributed by atoms with van der Waals surface area (Å²) in [5.74, 6) is 0.890. The summed E-state index contributed by atoms with van der Waals surface area (Å²) >= 11 is 0. The molecule has 8 heteroatoms. The smallest absolute Gasteiger partial charge is 0.341 e. The molecular weight excluding hydrogens is 374 g/mol. The van der Waals surface area contributed by atoms with Crippen LogP contribution in [-0.4, -0.2) is 36.4 Å². The summed E-state index contributed by atoms with van der Waals surface area (Å²) in [5.41, 5.74) is 6.60. The van der Waals surface area contributed by atoms with E-state index in [1.165, 1.54) is 4.90 Å². The zero-order valence-corrected chi connectivity index (χ0v) is 16.5. The summed E-state index contributed by atoms with van der Waals surface area (Å²) in [4.78, 5) is 31.3. The van der Waals surface area contributed by atoms with Gasteiger partial charge in [0, 0.05) is 17.5 Å². The number of nitrogens with zero attached hydrogens (tertiary/aromatic N) is 2. The molecule has 2 aromatic rings. The number of ether oxygens (including phenoxy) is 3. The quantitative estimate of drug-likeness (QED) is 0.620. The minimum Gasteiger partial charge on any atom is -0.462 e. The molecule has 0 spiro atoms. The second-order valence-electron chi connectivity index (χ2n) is 7.33. The molecule has 0 bridgehead atoms. The van der Waals surface area contributed by atoms with E-state index in [9.17, 15) is 9.59 Å². The maximum absolute atomic E-state index is 12.7. The molecule has 29 heavy (non-hydrogen) atoms. The molecule has 2 N–H and O–H groups in total. The standard InChI is InChI=1S/C21H25N3O5/c1-2-27-20(25)15-9-13-10-17-18(29-12-28-17)11-16(13)23-19(15)24(21(22)26)14-7-5-3-4-6-8-14/h9-11,14H,2-8,12H2,1H3,(H2,22,26). The normalized spacial score (nSPS) is 16.4. The van der Waals surface area contributed by atoms with Gasteiger partial charge < -0.3 is 19.9 Å². The molecule has 1 fully saturated rings. The number of fused-ring (bicyclic) bond motifs is 2. The number of hydrogen-bond acceptors (Lipinski definition) is 6. The molecule has 0 atom stereocenters. The van der Waals surface area contributed by atoms with Crippen molar-refractivity contribution in [2.75, 3.05) is 18.3 Å². The Bertz CT molecular complexity index is 938. The van der Waals surface area contributed by atoms with Crippen LogP contribution in [0.4, 0.5) is 10.6 Å². The predicted octanol–water partition coefficient (Wildman–Crippen LogP) is 3.75. The molecule has 4 rings (SSSR count). The molecule has 1 aliphatic heterocycles. The molecule has 1 aliphatic carbocycles. The van der Waals surface area contributed by atoms with E-state index in [0.29, 0.717) is 22.4 Å². The van der Waals surface area contributed by atoms with Gasteiger partial charge in [-0.1, -0.05) is 25.7 Å². The van der Waals surface area contributed by atoms with Gasteiger partial charge in [-0.05, 0) is 31.9 Å². The van der Waals surface area contributed by atoms with Gasteiger partial charge in [0.05, 0.1) is 12.1 Å². The predicted molar refractivity (Wildman–Crippen MR) is 107 cm³/mol. The molecule has 2 heterocycles. The number of hydrogen-bond donors (Lipinski definition) is 1. The average molecular weight is 399 g/mol. The van der Waals surface area contributed by atoms with Crippen LogP contribution in [0.25, 0.3) is 10.9 Å². The molecule has 2 amide bonds. The summed E-state index contributed by atoms with van der Waals surface area (Å²) < 4.78 is 16.1. The first-order valence-corrected chi connectivity index (χ1v) is 10.1. The van der Waals surface area contributed by atoms with Crippen molar-refractivity contribution >= 4 is 28.7 Å². The van der Waals surface area contributed by atoms with Crippen LogP contribution in [0.3, 0.4) is 0 Å². The molecule has 1 aromatic carbocycles. The topological polar surface area (TPSA) is 104 Å². The van der Waals surface area contributed by atoms with Gasteiger partial charge in [0.25, 0.3) is 0 Å². The summed E-state index contributed by atoms with van der Waals surface area (Å²) in [7, 11) is 0. The number of carbonyl (C=O) groups excluding carboxylic acids is 2. The van der Waals surface area contributed by atoms with Gasteiger partial charge in [-0.25, -0.2) is 14.6 Å². The Morgan fingerprint density at radius 3 is 2.48 bits per heavy atom. The molecule has 8 nitrogen and oxygen atoms in total. The van der Waals surface area contributed by atoms with E-state index in [4.69, 9.17) is 19.9 Å². The Hall–Kier alpha value is -3.03.